The summed E-state index contributed by atoms with van der Waals surface area (Å²) in [6, 6.07) is 0.501. The van der Waals surface area contributed by atoms with Gasteiger partial charge in [0.2, 0.25) is 0 Å². The zero-order valence-corrected chi connectivity index (χ0v) is 11.9. The van der Waals surface area contributed by atoms with Crippen molar-refractivity contribution in [2.45, 2.75) is 57.4 Å². The summed E-state index contributed by atoms with van der Waals surface area (Å²) in [5.41, 5.74) is 0. The summed E-state index contributed by atoms with van der Waals surface area (Å²) in [7, 11) is 0. The van der Waals surface area contributed by atoms with E-state index in [4.69, 9.17) is 11.7 Å². The normalized spacial score (nSPS) is 36.4. The number of hydrogen-bond donors (Lipinski definition) is 2. The van der Waals surface area contributed by atoms with Gasteiger partial charge in [0.1, 0.15) is 19.3 Å². The third-order valence-electron chi connectivity index (χ3n) is 5.07. The lowest BCUT2D eigenvalue weighted by Gasteiger charge is -2.36. The van der Waals surface area contributed by atoms with Crippen LogP contribution in [0, 0.1) is 17.8 Å². The molecule has 0 spiro atoms. The summed E-state index contributed by atoms with van der Waals surface area (Å²) < 4.78 is 1.35. The maximum Gasteiger partial charge on any atom is 0.139 e. The van der Waals surface area contributed by atoms with Gasteiger partial charge >= 0.3 is 0 Å². The van der Waals surface area contributed by atoms with Gasteiger partial charge in [0.25, 0.3) is 0 Å². The Bertz CT molecular complexity index is 312. The third kappa shape index (κ3) is 4.18. The van der Waals surface area contributed by atoms with Gasteiger partial charge in [0.05, 0.1) is 5.22 Å². The van der Waals surface area contributed by atoms with Gasteiger partial charge in [0.15, 0.2) is 0 Å². The van der Waals surface area contributed by atoms with Crippen molar-refractivity contribution in [1.82, 2.24) is 0 Å². The first kappa shape index (κ1) is 14.3. The number of nitrogens with zero attached hydrogens (tertiary/aromatic N) is 2. The van der Waals surface area contributed by atoms with E-state index in [1.54, 1.807) is 0 Å². The molecule has 0 aromatic carbocycles. The van der Waals surface area contributed by atoms with Crippen molar-refractivity contribution in [3.05, 3.63) is 5.84 Å². The Kier molecular flexibility index (Phi) is 5.16. The van der Waals surface area contributed by atoms with Crippen molar-refractivity contribution in [1.29, 1.82) is 0 Å². The quantitative estimate of drug-likeness (QED) is 0.261. The van der Waals surface area contributed by atoms with E-state index in [0.717, 1.165) is 18.4 Å². The minimum absolute atomic E-state index is 0.501. The molecule has 0 unspecified atom stereocenters. The van der Waals surface area contributed by atoms with E-state index < -0.39 is 0 Å². The molecule has 4 N–H and O–H groups in total. The molecule has 0 atom stereocenters. The minimum atomic E-state index is 0.501. The average molecular weight is 266 g/mol. The van der Waals surface area contributed by atoms with Crippen LogP contribution in [0.4, 0.5) is 0 Å². The van der Waals surface area contributed by atoms with Crippen molar-refractivity contribution in [3.63, 3.8) is 0 Å². The highest BCUT2D eigenvalue weighted by molar-refractivity contribution is 5.14. The molecule has 5 nitrogen and oxygen atoms in total. The van der Waals surface area contributed by atoms with Crippen LogP contribution in [-0.2, 0) is 0 Å². The van der Waals surface area contributed by atoms with Crippen molar-refractivity contribution in [2.24, 2.45) is 28.8 Å². The van der Waals surface area contributed by atoms with Crippen LogP contribution in [-0.4, -0.2) is 24.0 Å². The Hall–Kier alpha value is -1.13. The van der Waals surface area contributed by atoms with E-state index in [2.05, 4.69) is 17.1 Å². The Morgan fingerprint density at radius 1 is 1.05 bits per heavy atom. The first-order chi connectivity index (χ1) is 9.19. The second kappa shape index (κ2) is 6.87. The van der Waals surface area contributed by atoms with Gasteiger partial charge in [-0.1, -0.05) is 0 Å². The lowest BCUT2D eigenvalue weighted by atomic mass is 9.70. The molecule has 2 saturated carbocycles. The highest BCUT2D eigenvalue weighted by Crippen LogP contribution is 2.39. The monoisotopic (exact) mass is 266 g/mol. The zero-order chi connectivity index (χ0) is 13.7. The van der Waals surface area contributed by atoms with Crippen LogP contribution in [0.5, 0.6) is 0 Å². The predicted molar refractivity (Wildman–Crippen MR) is 75.3 cm³/mol. The molecule has 2 aliphatic carbocycles. The van der Waals surface area contributed by atoms with Crippen LogP contribution in [0.25, 0.3) is 5.84 Å². The molecule has 0 amide bonds. The Labute approximate surface area is 116 Å². The Balaban J connectivity index is 1.72. The molecule has 0 saturated heterocycles. The summed E-state index contributed by atoms with van der Waals surface area (Å²) in [6.07, 6.45) is 10.3. The molecule has 0 aliphatic heterocycles. The molecular weight excluding hydrogens is 238 g/mol. The second-order valence-electron chi connectivity index (χ2n) is 6.37. The third-order valence-corrected chi connectivity index (χ3v) is 5.07. The smallest absolute Gasteiger partial charge is 0.139 e. The molecule has 108 valence electrons. The molecule has 0 aromatic heterocycles. The number of nitrogens with one attached hydrogen (secondary N) is 2. The summed E-state index contributed by atoms with van der Waals surface area (Å²) in [4.78, 5) is 0. The van der Waals surface area contributed by atoms with Gasteiger partial charge in [-0.2, -0.15) is 11.0 Å². The predicted octanol–water partition coefficient (Wildman–Crippen LogP) is 1.44. The fourth-order valence-electron chi connectivity index (χ4n) is 3.98. The zero-order valence-electron chi connectivity index (χ0n) is 11.9. The van der Waals surface area contributed by atoms with E-state index in [1.165, 1.54) is 56.1 Å². The van der Waals surface area contributed by atoms with E-state index >= 15 is 0 Å². The van der Waals surface area contributed by atoms with Gasteiger partial charge in [-0.05, 0) is 63.2 Å². The molecule has 0 radical (unpaired) electrons. The lowest BCUT2D eigenvalue weighted by Crippen LogP contribution is -2.75. The van der Waals surface area contributed by atoms with Crippen molar-refractivity contribution in [2.75, 3.05) is 6.54 Å². The molecule has 0 bridgehead atoms. The van der Waals surface area contributed by atoms with E-state index in [9.17, 15) is 0 Å². The molecule has 5 heteroatoms. The van der Waals surface area contributed by atoms with Crippen LogP contribution in [0.3, 0.4) is 0 Å². The minimum Gasteiger partial charge on any atom is -0.455 e. The van der Waals surface area contributed by atoms with Gasteiger partial charge in [-0.3, -0.25) is 4.68 Å². The largest absolute Gasteiger partial charge is 0.455 e. The molecular formula is C14H28N5+. The highest BCUT2D eigenvalue weighted by Gasteiger charge is 2.31. The first-order valence-electron chi connectivity index (χ1n) is 7.63. The fourth-order valence-corrected chi connectivity index (χ4v) is 3.98. The standard InChI is InChI=1S/C14H27N5/c1-19(16)10-11-2-4-12(5-3-11)13-6-8-14(9-7-13)17-18-15/h11-14,16H,1-10H2,(H2,15,17)/p+1. The Morgan fingerprint density at radius 3 is 2.05 bits per heavy atom. The topological polar surface area (TPSA) is 79.2 Å². The van der Waals surface area contributed by atoms with Crippen LogP contribution in [0.1, 0.15) is 51.4 Å². The first-order valence-corrected chi connectivity index (χ1v) is 7.63. The maximum absolute atomic E-state index is 7.42. The van der Waals surface area contributed by atoms with Gasteiger partial charge in [-0.15, -0.1) is 0 Å². The highest BCUT2D eigenvalue weighted by atomic mass is 15.3. The molecule has 2 aliphatic rings. The number of nitrogens with two attached hydrogens (primary N) is 1. The summed E-state index contributed by atoms with van der Waals surface area (Å²) >= 11 is 0. The van der Waals surface area contributed by atoms with E-state index in [0.29, 0.717) is 12.0 Å². The average Bonchev–Trinajstić information content (AvgIpc) is 2.40. The maximum atomic E-state index is 7.42. The van der Waals surface area contributed by atoms with Gasteiger partial charge < -0.3 is 5.84 Å². The molecule has 19 heavy (non-hydrogen) atoms. The van der Waals surface area contributed by atoms with Crippen molar-refractivity contribution >= 4 is 6.72 Å². The summed E-state index contributed by atoms with van der Waals surface area (Å²) in [5, 5.41) is 6.56. The van der Waals surface area contributed by atoms with Gasteiger partial charge in [-0.25, -0.2) is 0 Å². The van der Waals surface area contributed by atoms with E-state index in [1.807, 2.05) is 0 Å². The number of rotatable bonds is 4. The molecule has 2 rings (SSSR count). The van der Waals surface area contributed by atoms with Crippen LogP contribution in [0.15, 0.2) is 5.22 Å². The summed E-state index contributed by atoms with van der Waals surface area (Å²) in [5.74, 6) is 15.1. The summed E-state index contributed by atoms with van der Waals surface area (Å²) in [6.45, 7) is 4.48. The van der Waals surface area contributed by atoms with Crippen LogP contribution < -0.4 is 11.0 Å². The van der Waals surface area contributed by atoms with Crippen LogP contribution in [0.2, 0.25) is 0 Å². The molecule has 0 heterocycles. The van der Waals surface area contributed by atoms with E-state index in [-0.39, 0.29) is 0 Å². The Morgan fingerprint density at radius 2 is 1.58 bits per heavy atom. The van der Waals surface area contributed by atoms with Gasteiger partial charge in [0, 0.05) is 5.92 Å². The molecule has 2 fully saturated rings. The SMILES string of the molecule is C=[N+]([NH-])CC1CCC(C2CCC([NH+]=NN)CC2)CC1. The van der Waals surface area contributed by atoms with Crippen molar-refractivity contribution in [3.8, 4) is 0 Å². The second-order valence-corrected chi connectivity index (χ2v) is 6.37. The fraction of sp³-hybridized carbons (Fsp3) is 0.929. The van der Waals surface area contributed by atoms with Crippen molar-refractivity contribution < 1.29 is 9.80 Å². The van der Waals surface area contributed by atoms with Crippen LogP contribution >= 0.6 is 0 Å². The lowest BCUT2D eigenvalue weighted by molar-refractivity contribution is -0.579. The number of hydrogen-bond acceptors (Lipinski definition) is 1. The molecule has 0 aromatic rings.